The van der Waals surface area contributed by atoms with Gasteiger partial charge in [-0.05, 0) is 68.7 Å². The smallest absolute Gasteiger partial charge is 0.349 e. The zero-order valence-electron chi connectivity index (χ0n) is 22.2. The van der Waals surface area contributed by atoms with Gasteiger partial charge in [-0.25, -0.2) is 4.79 Å². The highest BCUT2D eigenvalue weighted by atomic mass is 32.2. The Morgan fingerprint density at radius 2 is 1.59 bits per heavy atom. The number of carbonyl (C=O) groups is 2. The van der Waals surface area contributed by atoms with Crippen LogP contribution in [0.25, 0.3) is 0 Å². The number of hydrogen-bond acceptors (Lipinski definition) is 5. The van der Waals surface area contributed by atoms with Crippen LogP contribution in [0.2, 0.25) is 0 Å². The van der Waals surface area contributed by atoms with E-state index in [9.17, 15) is 9.59 Å². The number of unbranched alkanes of at least 4 members (excludes halogenated alkanes) is 1. The number of hydrogen-bond donors (Lipinski definition) is 1. The van der Waals surface area contributed by atoms with Crippen LogP contribution < -0.4 is 10.1 Å². The molecule has 0 saturated heterocycles. The van der Waals surface area contributed by atoms with Crippen molar-refractivity contribution < 1.29 is 19.1 Å². The van der Waals surface area contributed by atoms with E-state index in [4.69, 9.17) is 9.47 Å². The van der Waals surface area contributed by atoms with E-state index in [-0.39, 0.29) is 18.4 Å². The maximum atomic E-state index is 13.1. The lowest BCUT2D eigenvalue weighted by Gasteiger charge is -2.24. The Morgan fingerprint density at radius 1 is 0.919 bits per heavy atom. The molecule has 6 heteroatoms. The molecule has 0 aliphatic rings. The van der Waals surface area contributed by atoms with Crippen LogP contribution in [-0.4, -0.2) is 24.1 Å². The number of esters is 1. The SMILES string of the molecule is CCCCC(NC(=O)Cc1ccc(OC(C)(C)C(=O)OCC)cc1)c1ccccc1Sc1ccccc1. The molecule has 196 valence electrons. The Hall–Kier alpha value is -3.25. The van der Waals surface area contributed by atoms with Crippen LogP contribution >= 0.6 is 11.8 Å². The Bertz CT molecular complexity index is 1150. The van der Waals surface area contributed by atoms with E-state index in [1.165, 1.54) is 4.90 Å². The third kappa shape index (κ3) is 8.67. The third-order valence-electron chi connectivity index (χ3n) is 5.88. The Kier molecular flexibility index (Phi) is 10.6. The van der Waals surface area contributed by atoms with Gasteiger partial charge in [0.2, 0.25) is 5.91 Å². The molecule has 0 saturated carbocycles. The van der Waals surface area contributed by atoms with Gasteiger partial charge in [0.25, 0.3) is 0 Å². The fraction of sp³-hybridized carbons (Fsp3) is 0.355. The topological polar surface area (TPSA) is 64.6 Å². The summed E-state index contributed by atoms with van der Waals surface area (Å²) in [5, 5.41) is 3.28. The Balaban J connectivity index is 1.68. The van der Waals surface area contributed by atoms with Crippen LogP contribution in [0.1, 0.15) is 64.1 Å². The van der Waals surface area contributed by atoms with Gasteiger partial charge in [0.1, 0.15) is 5.75 Å². The lowest BCUT2D eigenvalue weighted by Crippen LogP contribution is -2.39. The van der Waals surface area contributed by atoms with Gasteiger partial charge in [-0.3, -0.25) is 4.79 Å². The van der Waals surface area contributed by atoms with Gasteiger partial charge in [-0.1, -0.05) is 80.1 Å². The molecule has 1 N–H and O–H groups in total. The maximum absolute atomic E-state index is 13.1. The summed E-state index contributed by atoms with van der Waals surface area (Å²) >= 11 is 1.72. The van der Waals surface area contributed by atoms with Crippen molar-refractivity contribution in [1.29, 1.82) is 0 Å². The average Bonchev–Trinajstić information content (AvgIpc) is 2.89. The van der Waals surface area contributed by atoms with Crippen LogP contribution in [0, 0.1) is 0 Å². The van der Waals surface area contributed by atoms with E-state index in [0.717, 1.165) is 35.3 Å². The van der Waals surface area contributed by atoms with E-state index in [2.05, 4.69) is 36.5 Å². The van der Waals surface area contributed by atoms with Gasteiger partial charge >= 0.3 is 5.97 Å². The predicted octanol–water partition coefficient (Wildman–Crippen LogP) is 7.15. The Morgan fingerprint density at radius 3 is 2.27 bits per heavy atom. The molecule has 1 unspecified atom stereocenters. The van der Waals surface area contributed by atoms with E-state index >= 15 is 0 Å². The number of rotatable bonds is 13. The second-order valence-electron chi connectivity index (χ2n) is 9.37. The number of amides is 1. The van der Waals surface area contributed by atoms with Crippen molar-refractivity contribution in [3.8, 4) is 5.75 Å². The first-order chi connectivity index (χ1) is 17.8. The summed E-state index contributed by atoms with van der Waals surface area (Å²) in [5.41, 5.74) is 0.926. The number of ether oxygens (including phenoxy) is 2. The molecule has 37 heavy (non-hydrogen) atoms. The largest absolute Gasteiger partial charge is 0.476 e. The molecule has 5 nitrogen and oxygen atoms in total. The monoisotopic (exact) mass is 519 g/mol. The summed E-state index contributed by atoms with van der Waals surface area (Å²) in [6, 6.07) is 25.8. The van der Waals surface area contributed by atoms with Crippen molar-refractivity contribution >= 4 is 23.6 Å². The highest BCUT2D eigenvalue weighted by Gasteiger charge is 2.31. The van der Waals surface area contributed by atoms with Gasteiger partial charge in [0.15, 0.2) is 5.60 Å². The quantitative estimate of drug-likeness (QED) is 0.243. The first-order valence-corrected chi connectivity index (χ1v) is 13.7. The van der Waals surface area contributed by atoms with Gasteiger partial charge < -0.3 is 14.8 Å². The summed E-state index contributed by atoms with van der Waals surface area (Å²) in [6.07, 6.45) is 3.23. The molecule has 3 rings (SSSR count). The summed E-state index contributed by atoms with van der Waals surface area (Å²) in [6.45, 7) is 7.58. The highest BCUT2D eigenvalue weighted by molar-refractivity contribution is 7.99. The second kappa shape index (κ2) is 13.9. The van der Waals surface area contributed by atoms with E-state index < -0.39 is 11.6 Å². The molecule has 3 aromatic carbocycles. The van der Waals surface area contributed by atoms with E-state index in [1.54, 1.807) is 44.7 Å². The number of nitrogens with one attached hydrogen (secondary N) is 1. The molecule has 0 heterocycles. The third-order valence-corrected chi connectivity index (χ3v) is 6.97. The molecule has 0 aliphatic carbocycles. The fourth-order valence-corrected chi connectivity index (χ4v) is 4.96. The zero-order valence-corrected chi connectivity index (χ0v) is 23.0. The standard InChI is InChI=1S/C31H37NO4S/c1-5-7-16-27(26-15-11-12-17-28(26)37-25-13-9-8-10-14-25)32-29(33)22-23-18-20-24(21-19-23)36-31(3,4)30(34)35-6-2/h8-15,17-21,27H,5-7,16,22H2,1-4H3,(H,32,33). The molecule has 3 aromatic rings. The van der Waals surface area contributed by atoms with Gasteiger partial charge in [-0.2, -0.15) is 0 Å². The van der Waals surface area contributed by atoms with Crippen molar-refractivity contribution in [1.82, 2.24) is 5.32 Å². The van der Waals surface area contributed by atoms with Crippen molar-refractivity contribution in [3.05, 3.63) is 90.0 Å². The first-order valence-electron chi connectivity index (χ1n) is 12.9. The molecule has 1 atom stereocenters. The zero-order chi connectivity index (χ0) is 26.7. The number of carbonyl (C=O) groups excluding carboxylic acids is 2. The molecule has 0 bridgehead atoms. The first kappa shape index (κ1) is 28.3. The molecule has 0 fully saturated rings. The summed E-state index contributed by atoms with van der Waals surface area (Å²) in [7, 11) is 0. The minimum atomic E-state index is -1.09. The molecule has 0 radical (unpaired) electrons. The minimum Gasteiger partial charge on any atom is -0.476 e. The molecule has 0 aromatic heterocycles. The highest BCUT2D eigenvalue weighted by Crippen LogP contribution is 2.35. The number of benzene rings is 3. The van der Waals surface area contributed by atoms with Crippen molar-refractivity contribution in [3.63, 3.8) is 0 Å². The summed E-state index contributed by atoms with van der Waals surface area (Å²) in [5.74, 6) is 0.110. The lowest BCUT2D eigenvalue weighted by molar-refractivity contribution is -0.158. The van der Waals surface area contributed by atoms with Gasteiger partial charge in [-0.15, -0.1) is 0 Å². The Labute approximate surface area is 225 Å². The second-order valence-corrected chi connectivity index (χ2v) is 10.5. The minimum absolute atomic E-state index is 0.0267. The van der Waals surface area contributed by atoms with Gasteiger partial charge in [0, 0.05) is 9.79 Å². The van der Waals surface area contributed by atoms with Crippen LogP contribution in [0.15, 0.2) is 88.7 Å². The van der Waals surface area contributed by atoms with Crippen molar-refractivity contribution in [2.24, 2.45) is 0 Å². The van der Waals surface area contributed by atoms with Gasteiger partial charge in [0.05, 0.1) is 19.1 Å². The molecule has 0 spiro atoms. The van der Waals surface area contributed by atoms with Crippen LogP contribution in [0.4, 0.5) is 0 Å². The van der Waals surface area contributed by atoms with Crippen molar-refractivity contribution in [2.45, 2.75) is 74.8 Å². The maximum Gasteiger partial charge on any atom is 0.349 e. The van der Waals surface area contributed by atoms with Crippen LogP contribution in [-0.2, 0) is 20.7 Å². The van der Waals surface area contributed by atoms with E-state index in [1.807, 2.05) is 42.5 Å². The average molecular weight is 520 g/mol. The summed E-state index contributed by atoms with van der Waals surface area (Å²) < 4.78 is 10.9. The summed E-state index contributed by atoms with van der Waals surface area (Å²) in [4.78, 5) is 27.5. The van der Waals surface area contributed by atoms with Crippen molar-refractivity contribution in [2.75, 3.05) is 6.61 Å². The lowest BCUT2D eigenvalue weighted by atomic mass is 10.0. The predicted molar refractivity (Wildman–Crippen MR) is 149 cm³/mol. The molecule has 1 amide bonds. The van der Waals surface area contributed by atoms with Crippen LogP contribution in [0.5, 0.6) is 5.75 Å². The molecular formula is C31H37NO4S. The fourth-order valence-electron chi connectivity index (χ4n) is 3.94. The van der Waals surface area contributed by atoms with E-state index in [0.29, 0.717) is 12.4 Å². The molecular weight excluding hydrogens is 482 g/mol. The molecule has 0 aliphatic heterocycles. The van der Waals surface area contributed by atoms with Crippen LogP contribution in [0.3, 0.4) is 0 Å². The normalized spacial score (nSPS) is 12.0.